The third-order valence-corrected chi connectivity index (χ3v) is 6.86. The summed E-state index contributed by atoms with van der Waals surface area (Å²) in [5, 5.41) is 28.2. The number of nitrogens with zero attached hydrogens (tertiary/aromatic N) is 1. The SMILES string of the molecule is CN(c1ccc(-c2ccc(Cl)cc2)c(F)c1)[C@H]1C[C@H]([C@@](N)(CCCCB(O)O)C(=O)O)C1. The standard InChI is InChI=1S/C23H29BClFN2O4/c1-28(18-8-9-20(21(26)14-18)15-4-6-17(25)7-5-15)19-12-16(13-19)23(27,22(29)30)10-2-3-11-24(31)32/h4-9,14,16,19,31-32H,2-3,10-13,27H2,1H3,(H,29,30)/t16-,19-,23-/m0/s1. The van der Waals surface area contributed by atoms with Crippen LogP contribution in [-0.4, -0.2) is 46.9 Å². The van der Waals surface area contributed by atoms with Crippen LogP contribution in [0.15, 0.2) is 42.5 Å². The number of hydrogen-bond acceptors (Lipinski definition) is 5. The first-order chi connectivity index (χ1) is 15.1. The van der Waals surface area contributed by atoms with E-state index in [1.54, 1.807) is 30.3 Å². The van der Waals surface area contributed by atoms with Gasteiger partial charge in [0.05, 0.1) is 0 Å². The van der Waals surface area contributed by atoms with Crippen LogP contribution in [0, 0.1) is 11.7 Å². The van der Waals surface area contributed by atoms with Crippen LogP contribution in [0.25, 0.3) is 11.1 Å². The molecule has 9 heteroatoms. The summed E-state index contributed by atoms with van der Waals surface area (Å²) in [6.45, 7) is 0. The van der Waals surface area contributed by atoms with Gasteiger partial charge in [-0.25, -0.2) is 4.39 Å². The van der Waals surface area contributed by atoms with Crippen LogP contribution in [0.1, 0.15) is 32.1 Å². The van der Waals surface area contributed by atoms with Crippen molar-refractivity contribution < 1.29 is 24.3 Å². The highest BCUT2D eigenvalue weighted by atomic mass is 35.5. The lowest BCUT2D eigenvalue weighted by atomic mass is 9.65. The average molecular weight is 463 g/mol. The van der Waals surface area contributed by atoms with Gasteiger partial charge in [0, 0.05) is 29.4 Å². The number of halogens is 2. The Morgan fingerprint density at radius 1 is 1.22 bits per heavy atom. The zero-order valence-corrected chi connectivity index (χ0v) is 18.8. The van der Waals surface area contributed by atoms with E-state index < -0.39 is 18.6 Å². The fraction of sp³-hybridized carbons (Fsp3) is 0.435. The molecule has 1 fully saturated rings. The number of rotatable bonds is 10. The molecule has 0 aromatic heterocycles. The number of carboxylic acid groups (broad SMARTS) is 1. The van der Waals surface area contributed by atoms with E-state index in [-0.39, 0.29) is 30.5 Å². The van der Waals surface area contributed by atoms with Gasteiger partial charge in [0.25, 0.3) is 0 Å². The Hall–Kier alpha value is -2.13. The molecule has 1 atom stereocenters. The number of nitrogens with two attached hydrogens (primary N) is 1. The van der Waals surface area contributed by atoms with E-state index in [2.05, 4.69) is 0 Å². The maximum absolute atomic E-state index is 14.8. The molecule has 0 saturated heterocycles. The molecule has 5 N–H and O–H groups in total. The van der Waals surface area contributed by atoms with Gasteiger partial charge in [-0.1, -0.05) is 36.6 Å². The largest absolute Gasteiger partial charge is 0.480 e. The maximum Gasteiger partial charge on any atom is 0.451 e. The summed E-state index contributed by atoms with van der Waals surface area (Å²) in [5.74, 6) is -1.56. The zero-order chi connectivity index (χ0) is 23.5. The average Bonchev–Trinajstić information content (AvgIpc) is 2.70. The second-order valence-electron chi connectivity index (χ2n) is 8.68. The van der Waals surface area contributed by atoms with Crippen LogP contribution in [0.2, 0.25) is 11.3 Å². The summed E-state index contributed by atoms with van der Waals surface area (Å²) in [6.07, 6.45) is 2.68. The van der Waals surface area contributed by atoms with Crippen LogP contribution in [-0.2, 0) is 4.79 Å². The van der Waals surface area contributed by atoms with Gasteiger partial charge in [0.2, 0.25) is 0 Å². The molecule has 2 aromatic carbocycles. The summed E-state index contributed by atoms with van der Waals surface area (Å²) in [6, 6.07) is 12.1. The summed E-state index contributed by atoms with van der Waals surface area (Å²) in [4.78, 5) is 13.8. The van der Waals surface area contributed by atoms with Gasteiger partial charge < -0.3 is 25.8 Å². The van der Waals surface area contributed by atoms with Crippen molar-refractivity contribution in [1.29, 1.82) is 0 Å². The van der Waals surface area contributed by atoms with Gasteiger partial charge in [-0.2, -0.15) is 0 Å². The molecule has 1 aliphatic carbocycles. The van der Waals surface area contributed by atoms with E-state index in [1.807, 2.05) is 18.0 Å². The Bertz CT molecular complexity index is 940. The van der Waals surface area contributed by atoms with Crippen molar-refractivity contribution in [1.82, 2.24) is 0 Å². The topological polar surface area (TPSA) is 107 Å². The molecule has 1 saturated carbocycles. The molecule has 32 heavy (non-hydrogen) atoms. The number of hydrogen-bond donors (Lipinski definition) is 4. The number of unbranched alkanes of at least 4 members (excludes halogenated alkanes) is 1. The molecule has 172 valence electrons. The van der Waals surface area contributed by atoms with E-state index in [9.17, 15) is 14.3 Å². The fourth-order valence-electron chi connectivity index (χ4n) is 4.35. The Morgan fingerprint density at radius 3 is 2.44 bits per heavy atom. The summed E-state index contributed by atoms with van der Waals surface area (Å²) in [5.41, 5.74) is 6.88. The Labute approximate surface area is 193 Å². The van der Waals surface area contributed by atoms with Crippen molar-refractivity contribution in [3.63, 3.8) is 0 Å². The van der Waals surface area contributed by atoms with E-state index in [0.717, 1.165) is 11.3 Å². The molecular weight excluding hydrogens is 434 g/mol. The molecule has 0 aliphatic heterocycles. The van der Waals surface area contributed by atoms with E-state index in [1.165, 1.54) is 6.07 Å². The highest BCUT2D eigenvalue weighted by Gasteiger charge is 2.49. The first kappa shape index (κ1) is 24.5. The summed E-state index contributed by atoms with van der Waals surface area (Å²) >= 11 is 5.91. The molecular formula is C23H29BClFN2O4. The number of carbonyl (C=O) groups is 1. The number of aliphatic carboxylic acids is 1. The molecule has 3 rings (SSSR count). The van der Waals surface area contributed by atoms with Crippen molar-refractivity contribution >= 4 is 30.4 Å². The Morgan fingerprint density at radius 2 is 1.88 bits per heavy atom. The molecule has 0 unspecified atom stereocenters. The normalized spacial score (nSPS) is 19.7. The van der Waals surface area contributed by atoms with Gasteiger partial charge in [-0.3, -0.25) is 4.79 Å². The molecule has 2 aromatic rings. The van der Waals surface area contributed by atoms with Crippen molar-refractivity contribution in [3.8, 4) is 11.1 Å². The zero-order valence-electron chi connectivity index (χ0n) is 18.0. The summed E-state index contributed by atoms with van der Waals surface area (Å²) in [7, 11) is 0.486. The fourth-order valence-corrected chi connectivity index (χ4v) is 4.48. The quantitative estimate of drug-likeness (QED) is 0.316. The highest BCUT2D eigenvalue weighted by Crippen LogP contribution is 2.42. The van der Waals surface area contributed by atoms with Crippen LogP contribution in [0.3, 0.4) is 0 Å². The van der Waals surface area contributed by atoms with Crippen molar-refractivity contribution in [2.45, 2.75) is 50.0 Å². The molecule has 0 amide bonds. The van der Waals surface area contributed by atoms with E-state index in [0.29, 0.717) is 36.3 Å². The van der Waals surface area contributed by atoms with Gasteiger partial charge in [0.1, 0.15) is 11.4 Å². The minimum absolute atomic E-state index is 0.0716. The van der Waals surface area contributed by atoms with Crippen LogP contribution in [0.4, 0.5) is 10.1 Å². The summed E-state index contributed by atoms with van der Waals surface area (Å²) < 4.78 is 14.8. The number of benzene rings is 2. The number of carboxylic acids is 1. The predicted molar refractivity (Wildman–Crippen MR) is 125 cm³/mol. The van der Waals surface area contributed by atoms with Crippen LogP contribution >= 0.6 is 11.6 Å². The lowest BCUT2D eigenvalue weighted by Gasteiger charge is -2.48. The van der Waals surface area contributed by atoms with Gasteiger partial charge in [0.15, 0.2) is 0 Å². The molecule has 0 heterocycles. The number of anilines is 1. The lowest BCUT2D eigenvalue weighted by molar-refractivity contribution is -0.147. The van der Waals surface area contributed by atoms with Gasteiger partial charge in [-0.15, -0.1) is 0 Å². The van der Waals surface area contributed by atoms with Gasteiger partial charge >= 0.3 is 13.1 Å². The highest BCUT2D eigenvalue weighted by molar-refractivity contribution is 6.40. The minimum Gasteiger partial charge on any atom is -0.480 e. The second kappa shape index (κ2) is 10.2. The first-order valence-corrected chi connectivity index (χ1v) is 11.2. The van der Waals surface area contributed by atoms with E-state index in [4.69, 9.17) is 27.4 Å². The first-order valence-electron chi connectivity index (χ1n) is 10.8. The minimum atomic E-state index is -1.39. The molecule has 0 bridgehead atoms. The molecule has 0 radical (unpaired) electrons. The van der Waals surface area contributed by atoms with Crippen molar-refractivity contribution in [2.24, 2.45) is 11.7 Å². The smallest absolute Gasteiger partial charge is 0.451 e. The lowest BCUT2D eigenvalue weighted by Crippen LogP contribution is -2.61. The monoisotopic (exact) mass is 462 g/mol. The van der Waals surface area contributed by atoms with Gasteiger partial charge in [-0.05, 0) is 67.4 Å². The molecule has 1 aliphatic rings. The third kappa shape index (κ3) is 5.43. The Kier molecular flexibility index (Phi) is 7.82. The second-order valence-corrected chi connectivity index (χ2v) is 9.11. The van der Waals surface area contributed by atoms with Crippen LogP contribution in [0.5, 0.6) is 0 Å². The maximum atomic E-state index is 14.8. The molecule has 6 nitrogen and oxygen atoms in total. The van der Waals surface area contributed by atoms with Crippen molar-refractivity contribution in [2.75, 3.05) is 11.9 Å². The third-order valence-electron chi connectivity index (χ3n) is 6.61. The predicted octanol–water partition coefficient (Wildman–Crippen LogP) is 3.79. The van der Waals surface area contributed by atoms with Crippen molar-refractivity contribution in [3.05, 3.63) is 53.3 Å². The molecule has 0 spiro atoms. The van der Waals surface area contributed by atoms with Crippen LogP contribution < -0.4 is 10.6 Å². The van der Waals surface area contributed by atoms with E-state index >= 15 is 0 Å². The Balaban J connectivity index is 1.62.